The van der Waals surface area contributed by atoms with Gasteiger partial charge in [-0.15, -0.1) is 0 Å². The Balaban J connectivity index is 1.86. The number of hydrogen-bond donors (Lipinski definition) is 3. The maximum absolute atomic E-state index is 12.9. The van der Waals surface area contributed by atoms with E-state index in [4.69, 9.17) is 0 Å². The summed E-state index contributed by atoms with van der Waals surface area (Å²) in [5.74, 6) is -1.03. The lowest BCUT2D eigenvalue weighted by molar-refractivity contribution is 0.0941. The lowest BCUT2D eigenvalue weighted by Crippen LogP contribution is -2.33. The smallest absolute Gasteiger partial charge is 0.296 e. The van der Waals surface area contributed by atoms with Gasteiger partial charge in [0.25, 0.3) is 11.5 Å². The third-order valence-corrected chi connectivity index (χ3v) is 4.69. The molecule has 3 rings (SSSR count). The van der Waals surface area contributed by atoms with Gasteiger partial charge in [-0.3, -0.25) is 14.2 Å². The van der Waals surface area contributed by atoms with E-state index >= 15 is 0 Å². The SMILES string of the molecule is CC1CCN[C@@H]1c1nc(C(=O)NCc2ccc(F)cc2)c(O)c(=O)n1C. The van der Waals surface area contributed by atoms with Crippen LogP contribution >= 0.6 is 0 Å². The number of rotatable bonds is 4. The Labute approximate surface area is 149 Å². The van der Waals surface area contributed by atoms with Crippen LogP contribution in [-0.2, 0) is 13.6 Å². The van der Waals surface area contributed by atoms with Gasteiger partial charge in [-0.25, -0.2) is 9.37 Å². The van der Waals surface area contributed by atoms with Gasteiger partial charge in [0.1, 0.15) is 11.6 Å². The molecule has 1 saturated heterocycles. The number of amides is 1. The first kappa shape index (κ1) is 18.1. The van der Waals surface area contributed by atoms with Crippen LogP contribution in [0, 0.1) is 11.7 Å². The highest BCUT2D eigenvalue weighted by Crippen LogP contribution is 2.28. The van der Waals surface area contributed by atoms with E-state index in [0.717, 1.165) is 13.0 Å². The predicted molar refractivity (Wildman–Crippen MR) is 93.2 cm³/mol. The molecule has 0 aliphatic carbocycles. The van der Waals surface area contributed by atoms with Crippen molar-refractivity contribution in [3.05, 3.63) is 57.5 Å². The van der Waals surface area contributed by atoms with E-state index in [1.807, 2.05) is 6.92 Å². The highest BCUT2D eigenvalue weighted by atomic mass is 19.1. The minimum atomic E-state index is -0.682. The average Bonchev–Trinajstić information content (AvgIpc) is 3.05. The van der Waals surface area contributed by atoms with E-state index in [-0.39, 0.29) is 30.0 Å². The van der Waals surface area contributed by atoms with Crippen LogP contribution in [0.2, 0.25) is 0 Å². The van der Waals surface area contributed by atoms with E-state index in [0.29, 0.717) is 11.4 Å². The molecule has 0 bridgehead atoms. The first-order chi connectivity index (χ1) is 12.4. The molecule has 0 saturated carbocycles. The van der Waals surface area contributed by atoms with Gasteiger partial charge in [-0.05, 0) is 36.6 Å². The van der Waals surface area contributed by atoms with E-state index in [9.17, 15) is 19.1 Å². The molecule has 8 heteroatoms. The van der Waals surface area contributed by atoms with Crippen molar-refractivity contribution in [3.63, 3.8) is 0 Å². The normalized spacial score (nSPS) is 19.5. The summed E-state index contributed by atoms with van der Waals surface area (Å²) >= 11 is 0. The fourth-order valence-electron chi connectivity index (χ4n) is 3.09. The van der Waals surface area contributed by atoms with Gasteiger partial charge < -0.3 is 15.7 Å². The second-order valence-electron chi connectivity index (χ2n) is 6.54. The van der Waals surface area contributed by atoms with Crippen LogP contribution in [0.1, 0.15) is 41.3 Å². The van der Waals surface area contributed by atoms with Crippen molar-refractivity contribution in [3.8, 4) is 5.75 Å². The standard InChI is InChI=1S/C18H21FN4O3/c1-10-7-8-20-13(10)16-22-14(15(24)18(26)23(16)2)17(25)21-9-11-3-5-12(19)6-4-11/h3-6,10,13,20,24H,7-9H2,1-2H3,(H,21,25)/t10?,13-/m0/s1. The number of hydrogen-bond acceptors (Lipinski definition) is 5. The minimum Gasteiger partial charge on any atom is -0.501 e. The van der Waals surface area contributed by atoms with Gasteiger partial charge in [0.2, 0.25) is 5.75 Å². The Morgan fingerprint density at radius 2 is 2.12 bits per heavy atom. The third-order valence-electron chi connectivity index (χ3n) is 4.69. The first-order valence-corrected chi connectivity index (χ1v) is 8.44. The summed E-state index contributed by atoms with van der Waals surface area (Å²) < 4.78 is 14.2. The molecular weight excluding hydrogens is 339 g/mol. The zero-order valence-electron chi connectivity index (χ0n) is 14.6. The average molecular weight is 360 g/mol. The third kappa shape index (κ3) is 3.45. The van der Waals surface area contributed by atoms with Crippen LogP contribution in [0.25, 0.3) is 0 Å². The van der Waals surface area contributed by atoms with Crippen molar-refractivity contribution < 1.29 is 14.3 Å². The summed E-state index contributed by atoms with van der Waals surface area (Å²) in [6, 6.07) is 5.52. The number of nitrogens with one attached hydrogen (secondary N) is 2. The van der Waals surface area contributed by atoms with Crippen molar-refractivity contribution >= 4 is 5.91 Å². The number of aromatic nitrogens is 2. The van der Waals surface area contributed by atoms with Crippen LogP contribution in [-0.4, -0.2) is 27.1 Å². The maximum Gasteiger partial charge on any atom is 0.296 e. The first-order valence-electron chi connectivity index (χ1n) is 8.44. The van der Waals surface area contributed by atoms with Crippen LogP contribution in [0.15, 0.2) is 29.1 Å². The monoisotopic (exact) mass is 360 g/mol. The molecule has 3 N–H and O–H groups in total. The topological polar surface area (TPSA) is 96.2 Å². The minimum absolute atomic E-state index is 0.128. The molecule has 138 valence electrons. The van der Waals surface area contributed by atoms with Gasteiger partial charge >= 0.3 is 0 Å². The van der Waals surface area contributed by atoms with Crippen LogP contribution in [0.3, 0.4) is 0 Å². The summed E-state index contributed by atoms with van der Waals surface area (Å²) in [6.07, 6.45) is 0.938. The number of halogens is 1. The zero-order valence-corrected chi connectivity index (χ0v) is 14.6. The number of benzene rings is 1. The van der Waals surface area contributed by atoms with Gasteiger partial charge in [0.15, 0.2) is 5.69 Å². The zero-order chi connectivity index (χ0) is 18.8. The van der Waals surface area contributed by atoms with Gasteiger partial charge in [0.05, 0.1) is 6.04 Å². The quantitative estimate of drug-likeness (QED) is 0.762. The van der Waals surface area contributed by atoms with Crippen molar-refractivity contribution in [1.29, 1.82) is 0 Å². The highest BCUT2D eigenvalue weighted by molar-refractivity contribution is 5.94. The molecule has 0 radical (unpaired) electrons. The van der Waals surface area contributed by atoms with Gasteiger partial charge in [0, 0.05) is 13.6 Å². The lowest BCUT2D eigenvalue weighted by atomic mass is 10.0. The van der Waals surface area contributed by atoms with Crippen LogP contribution in [0.5, 0.6) is 5.75 Å². The van der Waals surface area contributed by atoms with E-state index in [1.54, 1.807) is 12.1 Å². The summed E-state index contributed by atoms with van der Waals surface area (Å²) in [5, 5.41) is 16.0. The lowest BCUT2D eigenvalue weighted by Gasteiger charge is -2.19. The molecule has 2 atom stereocenters. The molecule has 1 aromatic carbocycles. The molecule has 26 heavy (non-hydrogen) atoms. The Morgan fingerprint density at radius 1 is 1.42 bits per heavy atom. The fourth-order valence-corrected chi connectivity index (χ4v) is 3.09. The van der Waals surface area contributed by atoms with E-state index in [2.05, 4.69) is 15.6 Å². The number of carbonyl (C=O) groups is 1. The summed E-state index contributed by atoms with van der Waals surface area (Å²) in [4.78, 5) is 29.0. The maximum atomic E-state index is 12.9. The largest absolute Gasteiger partial charge is 0.501 e. The number of nitrogens with zero attached hydrogens (tertiary/aromatic N) is 2. The van der Waals surface area contributed by atoms with Crippen molar-refractivity contribution in [2.45, 2.75) is 25.9 Å². The molecule has 2 heterocycles. The molecule has 1 aromatic heterocycles. The number of aromatic hydroxyl groups is 1. The predicted octanol–water partition coefficient (Wildman–Crippen LogP) is 1.23. The van der Waals surface area contributed by atoms with Crippen molar-refractivity contribution in [2.75, 3.05) is 6.54 Å². The Kier molecular flexibility index (Phi) is 5.03. The Morgan fingerprint density at radius 3 is 2.73 bits per heavy atom. The molecule has 1 fully saturated rings. The summed E-state index contributed by atoms with van der Waals surface area (Å²) in [7, 11) is 1.53. The van der Waals surface area contributed by atoms with Gasteiger partial charge in [-0.1, -0.05) is 19.1 Å². The van der Waals surface area contributed by atoms with Crippen molar-refractivity contribution in [2.24, 2.45) is 13.0 Å². The van der Waals surface area contributed by atoms with Gasteiger partial charge in [-0.2, -0.15) is 0 Å². The molecule has 1 unspecified atom stereocenters. The molecule has 1 aliphatic heterocycles. The van der Waals surface area contributed by atoms with Crippen LogP contribution < -0.4 is 16.2 Å². The summed E-state index contributed by atoms with van der Waals surface area (Å²) in [6.45, 7) is 2.97. The summed E-state index contributed by atoms with van der Waals surface area (Å²) in [5.41, 5.74) is -0.275. The molecule has 7 nitrogen and oxygen atoms in total. The Bertz CT molecular complexity index is 879. The highest BCUT2D eigenvalue weighted by Gasteiger charge is 2.30. The number of carbonyl (C=O) groups excluding carboxylic acids is 1. The van der Waals surface area contributed by atoms with E-state index in [1.165, 1.54) is 23.7 Å². The van der Waals surface area contributed by atoms with E-state index < -0.39 is 17.2 Å². The second kappa shape index (κ2) is 7.25. The Hall–Kier alpha value is -2.74. The second-order valence-corrected chi connectivity index (χ2v) is 6.54. The molecule has 1 amide bonds. The van der Waals surface area contributed by atoms with Crippen molar-refractivity contribution in [1.82, 2.24) is 20.2 Å². The molecule has 1 aliphatic rings. The molecule has 0 spiro atoms. The fraction of sp³-hybridized carbons (Fsp3) is 0.389. The molecule has 2 aromatic rings. The molecular formula is C18H21FN4O3. The van der Waals surface area contributed by atoms with Crippen LogP contribution in [0.4, 0.5) is 4.39 Å².